The van der Waals surface area contributed by atoms with Gasteiger partial charge in [-0.25, -0.2) is 9.78 Å². The molecule has 0 bridgehead atoms. The van der Waals surface area contributed by atoms with E-state index >= 15 is 0 Å². The molecule has 3 heterocycles. The number of imidazole rings is 1. The second-order valence-electron chi connectivity index (χ2n) is 7.26. The van der Waals surface area contributed by atoms with Gasteiger partial charge in [-0.3, -0.25) is 4.79 Å². The average molecular weight is 435 g/mol. The number of thiophene rings is 1. The van der Waals surface area contributed by atoms with E-state index in [1.807, 2.05) is 41.8 Å². The number of aryl methyl sites for hydroxylation is 2. The minimum Gasteiger partial charge on any atom is -0.462 e. The van der Waals surface area contributed by atoms with Crippen LogP contribution in [-0.2, 0) is 22.4 Å². The Balaban J connectivity index is 1.68. The number of nitrogens with zero attached hydrogens (tertiary/aromatic N) is 3. The minimum atomic E-state index is -0.568. The lowest BCUT2D eigenvalue weighted by molar-refractivity contribution is -0.112. The zero-order valence-corrected chi connectivity index (χ0v) is 18.2. The highest BCUT2D eigenvalue weighted by Gasteiger charge is 2.28. The van der Waals surface area contributed by atoms with E-state index in [4.69, 9.17) is 4.74 Å². The summed E-state index contributed by atoms with van der Waals surface area (Å²) in [5.41, 5.74) is 2.66. The zero-order valence-electron chi connectivity index (χ0n) is 17.4. The molecule has 7 nitrogen and oxygen atoms in total. The molecule has 1 amide bonds. The predicted molar refractivity (Wildman–Crippen MR) is 119 cm³/mol. The second-order valence-corrected chi connectivity index (χ2v) is 8.36. The molecule has 3 aromatic rings. The van der Waals surface area contributed by atoms with Crippen LogP contribution in [0.5, 0.6) is 0 Å². The van der Waals surface area contributed by atoms with Crippen LogP contribution in [0, 0.1) is 18.3 Å². The number of anilines is 1. The smallest absolute Gasteiger partial charge is 0.341 e. The Hall–Kier alpha value is -3.44. The van der Waals surface area contributed by atoms with Crippen molar-refractivity contribution in [2.75, 3.05) is 11.9 Å². The maximum Gasteiger partial charge on any atom is 0.341 e. The van der Waals surface area contributed by atoms with Gasteiger partial charge in [-0.2, -0.15) is 5.26 Å². The van der Waals surface area contributed by atoms with Crippen LogP contribution < -0.4 is 5.32 Å². The van der Waals surface area contributed by atoms with Gasteiger partial charge in [-0.15, -0.1) is 11.3 Å². The number of fused-ring (bicyclic) bond motifs is 2. The van der Waals surface area contributed by atoms with Gasteiger partial charge in [-0.05, 0) is 63.3 Å². The molecule has 158 valence electrons. The monoisotopic (exact) mass is 434 g/mol. The minimum absolute atomic E-state index is 0.0787. The van der Waals surface area contributed by atoms with Gasteiger partial charge in [0.15, 0.2) is 0 Å². The molecule has 31 heavy (non-hydrogen) atoms. The normalized spacial score (nSPS) is 13.5. The van der Waals surface area contributed by atoms with Gasteiger partial charge in [0.1, 0.15) is 22.5 Å². The molecule has 0 saturated carbocycles. The van der Waals surface area contributed by atoms with Crippen molar-refractivity contribution in [2.24, 2.45) is 0 Å². The lowest BCUT2D eigenvalue weighted by atomic mass is 9.95. The number of hydrogen-bond acceptors (Lipinski definition) is 6. The number of nitriles is 1. The summed E-state index contributed by atoms with van der Waals surface area (Å²) in [4.78, 5) is 31.1. The fraction of sp³-hybridized carbons (Fsp3) is 0.304. The third-order valence-corrected chi connectivity index (χ3v) is 6.48. The summed E-state index contributed by atoms with van der Waals surface area (Å²) in [6.45, 7) is 3.87. The molecule has 3 aromatic heterocycles. The topological polar surface area (TPSA) is 96.5 Å². The molecule has 0 saturated heterocycles. The van der Waals surface area contributed by atoms with Gasteiger partial charge < -0.3 is 14.5 Å². The highest BCUT2D eigenvalue weighted by molar-refractivity contribution is 7.17. The third-order valence-electron chi connectivity index (χ3n) is 5.28. The summed E-state index contributed by atoms with van der Waals surface area (Å²) in [5.74, 6) is -0.244. The average Bonchev–Trinajstić information content (AvgIpc) is 3.29. The molecule has 0 spiro atoms. The third kappa shape index (κ3) is 3.97. The summed E-state index contributed by atoms with van der Waals surface area (Å²) >= 11 is 1.40. The summed E-state index contributed by atoms with van der Waals surface area (Å²) in [7, 11) is 0. The van der Waals surface area contributed by atoms with Gasteiger partial charge in [0.05, 0.1) is 23.4 Å². The number of nitrogens with one attached hydrogen (secondary N) is 1. The van der Waals surface area contributed by atoms with Crippen molar-refractivity contribution in [3.8, 4) is 6.07 Å². The molecule has 0 fully saturated rings. The van der Waals surface area contributed by atoms with E-state index in [0.29, 0.717) is 16.3 Å². The van der Waals surface area contributed by atoms with Crippen molar-refractivity contribution in [1.82, 2.24) is 9.38 Å². The first-order chi connectivity index (χ1) is 15.0. The molecule has 4 rings (SSSR count). The number of carbonyl (C=O) groups is 2. The maximum atomic E-state index is 13.0. The van der Waals surface area contributed by atoms with Gasteiger partial charge in [0.2, 0.25) is 0 Å². The molecule has 1 aliphatic rings. The Kier molecular flexibility index (Phi) is 5.87. The van der Waals surface area contributed by atoms with E-state index < -0.39 is 11.9 Å². The van der Waals surface area contributed by atoms with E-state index in [1.165, 1.54) is 17.4 Å². The number of carbonyl (C=O) groups excluding carboxylic acids is 2. The van der Waals surface area contributed by atoms with Crippen molar-refractivity contribution in [3.05, 3.63) is 57.5 Å². The van der Waals surface area contributed by atoms with Crippen LogP contribution in [0.2, 0.25) is 0 Å². The summed E-state index contributed by atoms with van der Waals surface area (Å²) in [6, 6.07) is 7.62. The highest BCUT2D eigenvalue weighted by Crippen LogP contribution is 2.38. The molecule has 1 aliphatic carbocycles. The second kappa shape index (κ2) is 8.74. The Morgan fingerprint density at radius 3 is 2.94 bits per heavy atom. The lowest BCUT2D eigenvalue weighted by Gasteiger charge is -2.12. The van der Waals surface area contributed by atoms with Gasteiger partial charge >= 0.3 is 5.97 Å². The van der Waals surface area contributed by atoms with E-state index in [1.54, 1.807) is 6.92 Å². The number of pyridine rings is 1. The van der Waals surface area contributed by atoms with Crippen LogP contribution in [0.25, 0.3) is 11.6 Å². The molecule has 0 atom stereocenters. The van der Waals surface area contributed by atoms with Crippen LogP contribution >= 0.6 is 11.3 Å². The summed E-state index contributed by atoms with van der Waals surface area (Å²) in [6.07, 6.45) is 7.08. The highest BCUT2D eigenvalue weighted by atomic mass is 32.1. The van der Waals surface area contributed by atoms with E-state index in [0.717, 1.165) is 47.5 Å². The number of amides is 1. The SMILES string of the molecule is CCOC(=O)c1c(NC(=O)/C(C#N)=C/c2nc(C)n3ccccc23)sc2c1CCCC2. The van der Waals surface area contributed by atoms with Crippen LogP contribution in [-0.4, -0.2) is 27.9 Å². The largest absolute Gasteiger partial charge is 0.462 e. The Morgan fingerprint density at radius 2 is 2.16 bits per heavy atom. The first kappa shape index (κ1) is 20.8. The molecule has 1 N–H and O–H groups in total. The number of ether oxygens (including phenoxy) is 1. The zero-order chi connectivity index (χ0) is 22.0. The quantitative estimate of drug-likeness (QED) is 0.367. The number of rotatable bonds is 5. The van der Waals surface area contributed by atoms with Gasteiger partial charge in [0, 0.05) is 11.1 Å². The maximum absolute atomic E-state index is 13.0. The van der Waals surface area contributed by atoms with E-state index in [9.17, 15) is 14.9 Å². The predicted octanol–water partition coefficient (Wildman–Crippen LogP) is 4.31. The molecule has 0 unspecified atom stereocenters. The molecule has 0 radical (unpaired) electrons. The lowest BCUT2D eigenvalue weighted by Crippen LogP contribution is -2.16. The van der Waals surface area contributed by atoms with Crippen molar-refractivity contribution in [2.45, 2.75) is 39.5 Å². The molecular weight excluding hydrogens is 412 g/mol. The first-order valence-electron chi connectivity index (χ1n) is 10.2. The van der Waals surface area contributed by atoms with Crippen LogP contribution in [0.15, 0.2) is 30.0 Å². The Bertz CT molecular complexity index is 1250. The van der Waals surface area contributed by atoms with Crippen LogP contribution in [0.3, 0.4) is 0 Å². The standard InChI is InChI=1S/C23H22N4O3S/c1-3-30-23(29)20-16-8-4-5-10-19(16)31-22(20)26-21(28)15(13-24)12-17-18-9-6-7-11-27(18)14(2)25-17/h6-7,9,11-12H,3-5,8,10H2,1-2H3,(H,26,28)/b15-12+. The van der Waals surface area contributed by atoms with Gasteiger partial charge in [-0.1, -0.05) is 6.07 Å². The van der Waals surface area contributed by atoms with E-state index in [-0.39, 0.29) is 12.2 Å². The van der Waals surface area contributed by atoms with E-state index in [2.05, 4.69) is 10.3 Å². The van der Waals surface area contributed by atoms with Gasteiger partial charge in [0.25, 0.3) is 5.91 Å². The summed E-state index contributed by atoms with van der Waals surface area (Å²) < 4.78 is 7.13. The molecule has 0 aromatic carbocycles. The Labute approximate surface area is 184 Å². The van der Waals surface area contributed by atoms with Crippen molar-refractivity contribution in [1.29, 1.82) is 5.26 Å². The van der Waals surface area contributed by atoms with Crippen molar-refractivity contribution < 1.29 is 14.3 Å². The number of esters is 1. The number of hydrogen-bond donors (Lipinski definition) is 1. The van der Waals surface area contributed by atoms with Crippen molar-refractivity contribution in [3.63, 3.8) is 0 Å². The first-order valence-corrected chi connectivity index (χ1v) is 11.0. The van der Waals surface area contributed by atoms with Crippen LogP contribution in [0.1, 0.15) is 52.1 Å². The number of aromatic nitrogens is 2. The molecular formula is C23H22N4O3S. The van der Waals surface area contributed by atoms with Crippen molar-refractivity contribution >= 4 is 39.8 Å². The fourth-order valence-electron chi connectivity index (χ4n) is 3.85. The van der Waals surface area contributed by atoms with Crippen LogP contribution in [0.4, 0.5) is 5.00 Å². The molecule has 8 heteroatoms. The summed E-state index contributed by atoms with van der Waals surface area (Å²) in [5, 5.41) is 12.9. The Morgan fingerprint density at radius 1 is 1.35 bits per heavy atom. The molecule has 0 aliphatic heterocycles. The fourth-order valence-corrected chi connectivity index (χ4v) is 5.13.